The second-order valence-electron chi connectivity index (χ2n) is 6.24. The molecule has 4 N–H and O–H groups in total. The van der Waals surface area contributed by atoms with E-state index in [0.29, 0.717) is 12.3 Å². The van der Waals surface area contributed by atoms with Gasteiger partial charge < -0.3 is 14.7 Å². The lowest BCUT2D eigenvalue weighted by Crippen LogP contribution is -2.42. The molecule has 1 unspecified atom stereocenters. The maximum atomic E-state index is 10.7. The lowest BCUT2D eigenvalue weighted by Gasteiger charge is -2.47. The average molecular weight is 389 g/mol. The molecule has 1 saturated heterocycles. The minimum atomic E-state index is -4.41. The van der Waals surface area contributed by atoms with Crippen LogP contribution in [0.25, 0.3) is 0 Å². The Morgan fingerprint density at radius 1 is 1.52 bits per heavy atom. The smallest absolute Gasteiger partial charge is 0.336 e. The van der Waals surface area contributed by atoms with Crippen LogP contribution in [-0.2, 0) is 9.09 Å². The van der Waals surface area contributed by atoms with Crippen molar-refractivity contribution >= 4 is 23.1 Å². The fraction of sp³-hybridized carbons (Fsp3) is 0.562. The van der Waals surface area contributed by atoms with Crippen LogP contribution in [0.2, 0.25) is 0 Å². The number of allylic oxidation sites excluding steroid dienone is 4. The lowest BCUT2D eigenvalue weighted by atomic mass is 10.3. The molecule has 0 aliphatic carbocycles. The molecule has 2 heterocycles. The Morgan fingerprint density at radius 2 is 2.20 bits per heavy atom. The topological polar surface area (TPSA) is 108 Å². The third-order valence-electron chi connectivity index (χ3n) is 4.25. The van der Waals surface area contributed by atoms with Crippen molar-refractivity contribution in [2.45, 2.75) is 40.5 Å². The van der Waals surface area contributed by atoms with Crippen molar-refractivity contribution in [3.8, 4) is 0 Å². The van der Waals surface area contributed by atoms with Gasteiger partial charge in [-0.25, -0.2) is 9.56 Å². The Morgan fingerprint density at radius 3 is 2.76 bits per heavy atom. The van der Waals surface area contributed by atoms with Crippen molar-refractivity contribution in [2.75, 3.05) is 18.2 Å². The number of nitrogens with two attached hydrogens (primary N) is 1. The van der Waals surface area contributed by atoms with Crippen LogP contribution in [0.3, 0.4) is 0 Å². The summed E-state index contributed by atoms with van der Waals surface area (Å²) in [4.78, 5) is 24.4. The largest absolute Gasteiger partial charge is 0.469 e. The summed E-state index contributed by atoms with van der Waals surface area (Å²) in [6, 6.07) is 0. The van der Waals surface area contributed by atoms with Crippen LogP contribution in [0.15, 0.2) is 39.8 Å². The molecule has 2 aliphatic heterocycles. The van der Waals surface area contributed by atoms with Gasteiger partial charge in [0.25, 0.3) is 0 Å². The van der Waals surface area contributed by atoms with Crippen molar-refractivity contribution in [2.24, 2.45) is 10.1 Å². The monoisotopic (exact) mass is 389 g/mol. The predicted octanol–water partition coefficient (Wildman–Crippen LogP) is 3.34. The first kappa shape index (κ1) is 20.4. The molecular formula is C16H28N3O4PS. The van der Waals surface area contributed by atoms with Crippen LogP contribution in [-0.4, -0.2) is 38.0 Å². The molecule has 0 aromatic carbocycles. The molecule has 0 aromatic rings. The van der Waals surface area contributed by atoms with Crippen LogP contribution >= 0.6 is 18.0 Å². The predicted molar refractivity (Wildman–Crippen MR) is 104 cm³/mol. The highest BCUT2D eigenvalue weighted by Crippen LogP contribution is 2.58. The number of nitrogens with zero attached hydrogens (tertiary/aromatic N) is 2. The third-order valence-corrected chi connectivity index (χ3v) is 7.44. The van der Waals surface area contributed by atoms with Crippen LogP contribution in [0, 0.1) is 0 Å². The van der Waals surface area contributed by atoms with Gasteiger partial charge in [-0.1, -0.05) is 19.1 Å². The number of phosphoric acid groups is 1. The fourth-order valence-electron chi connectivity index (χ4n) is 2.89. The normalized spacial score (nSPS) is 29.9. The molecule has 0 amide bonds. The zero-order valence-corrected chi connectivity index (χ0v) is 16.9. The third kappa shape index (κ3) is 5.06. The van der Waals surface area contributed by atoms with Crippen molar-refractivity contribution in [3.63, 3.8) is 0 Å². The van der Waals surface area contributed by atoms with E-state index in [4.69, 9.17) is 19.9 Å². The molecule has 1 atom stereocenters. The summed E-state index contributed by atoms with van der Waals surface area (Å²) < 4.78 is 15.3. The van der Waals surface area contributed by atoms with Crippen molar-refractivity contribution < 1.29 is 18.9 Å². The molecule has 0 bridgehead atoms. The van der Waals surface area contributed by atoms with Crippen molar-refractivity contribution in [3.05, 3.63) is 34.8 Å². The van der Waals surface area contributed by atoms with Crippen molar-refractivity contribution in [1.82, 2.24) is 4.90 Å². The minimum absolute atomic E-state index is 0.000237. The van der Waals surface area contributed by atoms with Gasteiger partial charge >= 0.3 is 7.82 Å². The summed E-state index contributed by atoms with van der Waals surface area (Å²) in [7, 11) is -5.89. The average Bonchev–Trinajstić information content (AvgIpc) is 3.10. The zero-order valence-electron chi connectivity index (χ0n) is 15.2. The number of aliphatic imine (C=N–C) groups is 1. The Balaban J connectivity index is 1.98. The van der Waals surface area contributed by atoms with E-state index >= 15 is 0 Å². The molecule has 25 heavy (non-hydrogen) atoms. The molecular weight excluding hydrogens is 361 g/mol. The maximum Gasteiger partial charge on any atom is 0.469 e. The second-order valence-corrected chi connectivity index (χ2v) is 10.3. The number of hydrogen-bond donors (Lipinski definition) is 3. The van der Waals surface area contributed by atoms with Crippen LogP contribution in [0.5, 0.6) is 0 Å². The van der Waals surface area contributed by atoms with Gasteiger partial charge in [-0.3, -0.25) is 9.66 Å². The molecule has 7 nitrogen and oxygen atoms in total. The number of hydrogen-bond acceptors (Lipinski definition) is 5. The molecule has 1 fully saturated rings. The van der Waals surface area contributed by atoms with Gasteiger partial charge in [-0.05, 0) is 32.8 Å². The summed E-state index contributed by atoms with van der Waals surface area (Å²) in [6.45, 7) is 8.07. The van der Waals surface area contributed by atoms with Crippen LogP contribution < -0.4 is 5.14 Å². The van der Waals surface area contributed by atoms with Gasteiger partial charge in [0.05, 0.1) is 17.5 Å². The van der Waals surface area contributed by atoms with E-state index < -0.39 is 18.0 Å². The molecule has 0 spiro atoms. The van der Waals surface area contributed by atoms with E-state index in [1.165, 1.54) is 5.57 Å². The van der Waals surface area contributed by atoms with Crippen LogP contribution in [0.4, 0.5) is 0 Å². The second kappa shape index (κ2) is 7.78. The van der Waals surface area contributed by atoms with Crippen molar-refractivity contribution in [1.29, 1.82) is 0 Å². The molecule has 0 aromatic heterocycles. The lowest BCUT2D eigenvalue weighted by molar-refractivity contribution is 0.198. The van der Waals surface area contributed by atoms with E-state index in [0.717, 1.165) is 34.3 Å². The first-order chi connectivity index (χ1) is 11.6. The highest BCUT2D eigenvalue weighted by molar-refractivity contribution is 8.46. The van der Waals surface area contributed by atoms with E-state index in [9.17, 15) is 4.57 Å². The highest BCUT2D eigenvalue weighted by Gasteiger charge is 2.44. The molecule has 9 heteroatoms. The highest BCUT2D eigenvalue weighted by atomic mass is 32.3. The van der Waals surface area contributed by atoms with Gasteiger partial charge in [-0.15, -0.1) is 10.2 Å². The van der Waals surface area contributed by atoms with Gasteiger partial charge in [0.15, 0.2) is 0 Å². The number of phosphoric ester groups is 1. The zero-order chi connectivity index (χ0) is 18.8. The molecule has 0 saturated carbocycles. The Kier molecular flexibility index (Phi) is 6.35. The summed E-state index contributed by atoms with van der Waals surface area (Å²) in [5, 5.41) is 7.70. The van der Waals surface area contributed by atoms with Gasteiger partial charge in [-0.2, -0.15) is 0 Å². The first-order valence-corrected chi connectivity index (χ1v) is 11.8. The maximum absolute atomic E-state index is 10.7. The molecule has 142 valence electrons. The Labute approximate surface area is 151 Å². The standard InChI is InChI=1S/C16H28N3O4PS/c1-5-7-12(3)18-16-14(6-2)10-25(16,17)11-19-13(4)15(19)8-9-23-24(20,21)22/h6-7H,5,8-11,17H2,1-4H3,(H2,20,21,22)/b12-7+,14-6-,18-16+. The number of rotatable bonds is 8. The van der Waals surface area contributed by atoms with Gasteiger partial charge in [0, 0.05) is 29.3 Å². The van der Waals surface area contributed by atoms with Crippen LogP contribution in [0.1, 0.15) is 40.5 Å². The SMILES string of the molecule is C/C=C1/CS(N)(CN2C(C)=C2CCOP(=O)(O)O)/C1=N/C(C)=C/CC. The molecule has 0 radical (unpaired) electrons. The van der Waals surface area contributed by atoms with Gasteiger partial charge in [0.2, 0.25) is 0 Å². The minimum Gasteiger partial charge on any atom is -0.336 e. The molecule has 2 aliphatic rings. The fourth-order valence-corrected chi connectivity index (χ4v) is 6.03. The summed E-state index contributed by atoms with van der Waals surface area (Å²) >= 11 is 0. The Hall–Kier alpha value is -0.890. The first-order valence-electron chi connectivity index (χ1n) is 8.26. The summed E-state index contributed by atoms with van der Waals surface area (Å²) in [6.07, 6.45) is 5.58. The van der Waals surface area contributed by atoms with E-state index in [2.05, 4.69) is 28.5 Å². The quantitative estimate of drug-likeness (QED) is 0.550. The van der Waals surface area contributed by atoms with Gasteiger partial charge in [0.1, 0.15) is 0 Å². The van der Waals surface area contributed by atoms with E-state index in [-0.39, 0.29) is 6.61 Å². The van der Waals surface area contributed by atoms with E-state index in [1.54, 1.807) is 0 Å². The summed E-state index contributed by atoms with van der Waals surface area (Å²) in [5.74, 6) is 1.57. The Bertz CT molecular complexity index is 710. The summed E-state index contributed by atoms with van der Waals surface area (Å²) in [5.41, 5.74) is 4.37. The molecule has 2 rings (SSSR count). The van der Waals surface area contributed by atoms with E-state index in [1.807, 2.05) is 20.8 Å².